The molecule has 0 unspecified atom stereocenters. The Morgan fingerprint density at radius 3 is 2.82 bits per heavy atom. The molecule has 1 atom stereocenters. The molecule has 1 aliphatic rings. The minimum absolute atomic E-state index is 0.194. The van der Waals surface area contributed by atoms with E-state index in [1.165, 1.54) is 23.3 Å². The van der Waals surface area contributed by atoms with Crippen LogP contribution in [-0.2, 0) is 27.3 Å². The Hall–Kier alpha value is -1.89. The Labute approximate surface area is 174 Å². The van der Waals surface area contributed by atoms with E-state index in [1.807, 2.05) is 31.2 Å². The molecule has 150 valence electrons. The number of halogens is 1. The van der Waals surface area contributed by atoms with Crippen LogP contribution >= 0.6 is 22.9 Å². The van der Waals surface area contributed by atoms with Crippen molar-refractivity contribution in [2.45, 2.75) is 45.2 Å². The van der Waals surface area contributed by atoms with Crippen molar-refractivity contribution in [2.75, 3.05) is 13.7 Å². The summed E-state index contributed by atoms with van der Waals surface area (Å²) in [6.07, 6.45) is 3.00. The van der Waals surface area contributed by atoms with Crippen LogP contribution in [0.2, 0.25) is 5.02 Å². The second-order valence-electron chi connectivity index (χ2n) is 6.76. The summed E-state index contributed by atoms with van der Waals surface area (Å²) in [6.45, 7) is 3.31. The summed E-state index contributed by atoms with van der Waals surface area (Å²) < 4.78 is 10.5. The molecule has 2 aromatic rings. The lowest BCUT2D eigenvalue weighted by Crippen LogP contribution is -2.38. The maximum Gasteiger partial charge on any atom is 0.327 e. The number of hydrogen-bond acceptors (Lipinski definition) is 6. The molecule has 0 bridgehead atoms. The Kier molecular flexibility index (Phi) is 7.10. The summed E-state index contributed by atoms with van der Waals surface area (Å²) in [4.78, 5) is 27.7. The van der Waals surface area contributed by atoms with E-state index in [4.69, 9.17) is 21.1 Å². The van der Waals surface area contributed by atoms with Crippen LogP contribution in [0.25, 0.3) is 0 Å². The van der Waals surface area contributed by atoms with Gasteiger partial charge in [0.15, 0.2) is 5.06 Å². The Balaban J connectivity index is 1.78. The third kappa shape index (κ3) is 4.74. The highest BCUT2D eigenvalue weighted by atomic mass is 35.5. The lowest BCUT2D eigenvalue weighted by Gasteiger charge is -2.33. The van der Waals surface area contributed by atoms with Crippen molar-refractivity contribution >= 4 is 34.9 Å². The van der Waals surface area contributed by atoms with Crippen LogP contribution in [0.5, 0.6) is 5.06 Å². The standard InChI is InChI=1S/C21H24ClNO4S/c1-3-4-9-18(24)27-19-12-14-13-23(11-10-17(14)28-19)20(21(25)26-2)15-7-5-6-8-16(15)22/h5-8,12,20H,3-4,9-11,13H2,1-2H3/t20-/m0/s1. The number of rotatable bonds is 7. The SMILES string of the molecule is CCCCC(=O)Oc1cc2c(s1)CCN([C@H](C(=O)OC)c1ccccc1Cl)C2. The number of thiophene rings is 1. The highest BCUT2D eigenvalue weighted by Gasteiger charge is 2.33. The molecule has 0 saturated heterocycles. The summed E-state index contributed by atoms with van der Waals surface area (Å²) in [5.41, 5.74) is 1.82. The van der Waals surface area contributed by atoms with Gasteiger partial charge in [-0.05, 0) is 36.1 Å². The molecule has 0 radical (unpaired) electrons. The predicted octanol–water partition coefficient (Wildman–Crippen LogP) is 4.77. The molecule has 7 heteroatoms. The number of fused-ring (bicyclic) bond motifs is 1. The fourth-order valence-electron chi connectivity index (χ4n) is 3.36. The minimum atomic E-state index is -0.567. The van der Waals surface area contributed by atoms with Crippen LogP contribution in [0.3, 0.4) is 0 Å². The molecule has 0 spiro atoms. The van der Waals surface area contributed by atoms with Gasteiger partial charge in [0.05, 0.1) is 7.11 Å². The highest BCUT2D eigenvalue weighted by Crippen LogP contribution is 2.37. The summed E-state index contributed by atoms with van der Waals surface area (Å²) in [6, 6.07) is 8.69. The second kappa shape index (κ2) is 9.54. The number of carbonyl (C=O) groups excluding carboxylic acids is 2. The van der Waals surface area contributed by atoms with E-state index < -0.39 is 6.04 Å². The highest BCUT2D eigenvalue weighted by molar-refractivity contribution is 7.14. The monoisotopic (exact) mass is 421 g/mol. The van der Waals surface area contributed by atoms with Crippen molar-refractivity contribution in [3.8, 4) is 5.06 Å². The molecule has 1 aromatic carbocycles. The summed E-state index contributed by atoms with van der Waals surface area (Å²) in [7, 11) is 1.39. The molecule has 3 rings (SSSR count). The summed E-state index contributed by atoms with van der Waals surface area (Å²) in [5, 5.41) is 1.17. The fraction of sp³-hybridized carbons (Fsp3) is 0.429. The van der Waals surface area contributed by atoms with Crippen LogP contribution in [0, 0.1) is 0 Å². The van der Waals surface area contributed by atoms with Crippen molar-refractivity contribution in [1.82, 2.24) is 4.90 Å². The topological polar surface area (TPSA) is 55.8 Å². The van der Waals surface area contributed by atoms with Crippen LogP contribution in [0.15, 0.2) is 30.3 Å². The van der Waals surface area contributed by atoms with Gasteiger partial charge in [-0.1, -0.05) is 43.1 Å². The Morgan fingerprint density at radius 2 is 2.11 bits per heavy atom. The van der Waals surface area contributed by atoms with Crippen molar-refractivity contribution < 1.29 is 19.1 Å². The molecule has 1 aromatic heterocycles. The van der Waals surface area contributed by atoms with Crippen molar-refractivity contribution in [3.05, 3.63) is 51.4 Å². The van der Waals surface area contributed by atoms with Crippen LogP contribution in [-0.4, -0.2) is 30.5 Å². The lowest BCUT2D eigenvalue weighted by atomic mass is 10.0. The third-order valence-corrected chi connectivity index (χ3v) is 6.27. The summed E-state index contributed by atoms with van der Waals surface area (Å²) in [5.74, 6) is -0.529. The van der Waals surface area contributed by atoms with E-state index in [-0.39, 0.29) is 11.9 Å². The Morgan fingerprint density at radius 1 is 1.32 bits per heavy atom. The second-order valence-corrected chi connectivity index (χ2v) is 8.27. The maximum atomic E-state index is 12.5. The first-order valence-electron chi connectivity index (χ1n) is 9.42. The molecule has 0 N–H and O–H groups in total. The largest absolute Gasteiger partial charge is 0.468 e. The number of hydrogen-bond donors (Lipinski definition) is 0. The summed E-state index contributed by atoms with van der Waals surface area (Å²) >= 11 is 7.86. The van der Waals surface area contributed by atoms with Gasteiger partial charge in [0.25, 0.3) is 0 Å². The average Bonchev–Trinajstić information content (AvgIpc) is 3.09. The van der Waals surface area contributed by atoms with Gasteiger partial charge < -0.3 is 9.47 Å². The molecular formula is C21H24ClNO4S. The van der Waals surface area contributed by atoms with Gasteiger partial charge >= 0.3 is 11.9 Å². The van der Waals surface area contributed by atoms with E-state index >= 15 is 0 Å². The van der Waals surface area contributed by atoms with E-state index in [0.29, 0.717) is 29.6 Å². The van der Waals surface area contributed by atoms with Crippen LogP contribution in [0.4, 0.5) is 0 Å². The first-order chi connectivity index (χ1) is 13.5. The lowest BCUT2D eigenvalue weighted by molar-refractivity contribution is -0.147. The van der Waals surface area contributed by atoms with E-state index in [0.717, 1.165) is 30.4 Å². The van der Waals surface area contributed by atoms with Gasteiger partial charge in [-0.25, -0.2) is 4.79 Å². The molecule has 0 saturated carbocycles. The van der Waals surface area contributed by atoms with Gasteiger partial charge in [-0.3, -0.25) is 9.69 Å². The molecule has 0 aliphatic carbocycles. The first kappa shape index (κ1) is 20.8. The van der Waals surface area contributed by atoms with Gasteiger partial charge in [-0.15, -0.1) is 11.3 Å². The number of esters is 2. The molecule has 5 nitrogen and oxygen atoms in total. The number of carbonyl (C=O) groups is 2. The number of unbranched alkanes of at least 4 members (excludes halogenated alkanes) is 1. The van der Waals surface area contributed by atoms with Gasteiger partial charge in [0.1, 0.15) is 6.04 Å². The van der Waals surface area contributed by atoms with Crippen molar-refractivity contribution in [3.63, 3.8) is 0 Å². The zero-order chi connectivity index (χ0) is 20.1. The first-order valence-corrected chi connectivity index (χ1v) is 10.6. The van der Waals surface area contributed by atoms with E-state index in [1.54, 1.807) is 6.07 Å². The predicted molar refractivity (Wildman–Crippen MR) is 110 cm³/mol. The van der Waals surface area contributed by atoms with Crippen LogP contribution < -0.4 is 4.74 Å². The Bertz CT molecular complexity index is 851. The van der Waals surface area contributed by atoms with Gasteiger partial charge in [0.2, 0.25) is 0 Å². The number of ether oxygens (including phenoxy) is 2. The van der Waals surface area contributed by atoms with Crippen molar-refractivity contribution in [1.29, 1.82) is 0 Å². The fourth-order valence-corrected chi connectivity index (χ4v) is 4.63. The zero-order valence-corrected chi connectivity index (χ0v) is 17.6. The molecule has 2 heterocycles. The van der Waals surface area contributed by atoms with Gasteiger partial charge in [0, 0.05) is 29.4 Å². The number of nitrogens with zero attached hydrogens (tertiary/aromatic N) is 1. The molecule has 0 amide bonds. The number of benzene rings is 1. The third-order valence-electron chi connectivity index (χ3n) is 4.81. The number of methoxy groups -OCH3 is 1. The van der Waals surface area contributed by atoms with Crippen molar-refractivity contribution in [2.24, 2.45) is 0 Å². The molecular weight excluding hydrogens is 398 g/mol. The van der Waals surface area contributed by atoms with Gasteiger partial charge in [-0.2, -0.15) is 0 Å². The molecule has 1 aliphatic heterocycles. The zero-order valence-electron chi connectivity index (χ0n) is 16.1. The average molecular weight is 422 g/mol. The van der Waals surface area contributed by atoms with E-state index in [2.05, 4.69) is 4.90 Å². The molecule has 28 heavy (non-hydrogen) atoms. The maximum absolute atomic E-state index is 12.5. The molecule has 0 fully saturated rings. The normalized spacial score (nSPS) is 15.0. The minimum Gasteiger partial charge on any atom is -0.468 e. The quantitative estimate of drug-likeness (QED) is 0.603. The van der Waals surface area contributed by atoms with Crippen LogP contribution in [0.1, 0.15) is 48.2 Å². The smallest absolute Gasteiger partial charge is 0.327 e. The van der Waals surface area contributed by atoms with E-state index in [9.17, 15) is 9.59 Å².